The van der Waals surface area contributed by atoms with E-state index >= 15 is 0 Å². The van der Waals surface area contributed by atoms with Gasteiger partial charge in [-0.15, -0.1) is 6.58 Å². The second kappa shape index (κ2) is 10.6. The fraction of sp³-hybridized carbons (Fsp3) is 0.407. The molecule has 1 saturated heterocycles. The van der Waals surface area contributed by atoms with Crippen LogP contribution >= 0.6 is 0 Å². The molecule has 210 valence electrons. The van der Waals surface area contributed by atoms with E-state index in [9.17, 15) is 45.4 Å². The van der Waals surface area contributed by atoms with E-state index in [4.69, 9.17) is 0 Å². The molecule has 2 aromatic rings. The van der Waals surface area contributed by atoms with Crippen molar-refractivity contribution in [3.8, 4) is 0 Å². The zero-order valence-electron chi connectivity index (χ0n) is 20.4. The molecule has 0 bridgehead atoms. The van der Waals surface area contributed by atoms with Crippen molar-refractivity contribution in [2.45, 2.75) is 49.8 Å². The van der Waals surface area contributed by atoms with E-state index in [0.29, 0.717) is 18.9 Å². The first-order valence-electron chi connectivity index (χ1n) is 12.2. The van der Waals surface area contributed by atoms with E-state index in [1.807, 2.05) is 0 Å². The molecule has 2 N–H and O–H groups in total. The summed E-state index contributed by atoms with van der Waals surface area (Å²) in [5, 5.41) is 12.3. The highest BCUT2D eigenvalue weighted by atomic mass is 19.4. The van der Waals surface area contributed by atoms with Crippen molar-refractivity contribution >= 4 is 11.8 Å². The van der Waals surface area contributed by atoms with E-state index in [0.717, 1.165) is 24.3 Å². The number of nitrogens with zero attached hydrogens (tertiary/aromatic N) is 1. The van der Waals surface area contributed by atoms with E-state index in [1.54, 1.807) is 0 Å². The highest BCUT2D eigenvalue weighted by Crippen LogP contribution is 2.43. The lowest BCUT2D eigenvalue weighted by Crippen LogP contribution is -2.47. The van der Waals surface area contributed by atoms with Gasteiger partial charge in [0.1, 0.15) is 11.9 Å². The van der Waals surface area contributed by atoms with Gasteiger partial charge in [0, 0.05) is 17.7 Å². The van der Waals surface area contributed by atoms with Gasteiger partial charge in [-0.25, -0.2) is 4.39 Å². The van der Waals surface area contributed by atoms with Crippen LogP contribution < -0.4 is 5.32 Å². The Balaban J connectivity index is 1.58. The monoisotopic (exact) mass is 558 g/mol. The fourth-order valence-electron chi connectivity index (χ4n) is 4.79. The highest BCUT2D eigenvalue weighted by molar-refractivity contribution is 5.98. The summed E-state index contributed by atoms with van der Waals surface area (Å²) >= 11 is 0. The lowest BCUT2D eigenvalue weighted by atomic mass is 9.98. The van der Waals surface area contributed by atoms with Crippen LogP contribution in [0.1, 0.15) is 58.5 Å². The normalized spacial score (nSPS) is 21.4. The Morgan fingerprint density at radius 3 is 2.33 bits per heavy atom. The predicted octanol–water partition coefficient (Wildman–Crippen LogP) is 5.72. The lowest BCUT2D eigenvalue weighted by Gasteiger charge is -2.27. The molecule has 2 amide bonds. The Bertz CT molecular complexity index is 1260. The van der Waals surface area contributed by atoms with Crippen molar-refractivity contribution in [1.29, 1.82) is 0 Å². The summed E-state index contributed by atoms with van der Waals surface area (Å²) in [6.45, 7) is 3.72. The molecular weight excluding hydrogens is 533 g/mol. The SMILES string of the molecule is C=C[C@@H]1C[C@H](C(=O)N[C@@H](c2ccc(C(F)(F)F)cc2F)C2CC2)N(C(=O)c2cccc(C(O)C(F)(F)F)c2)C1. The molecule has 1 heterocycles. The lowest BCUT2D eigenvalue weighted by molar-refractivity contribution is -0.206. The van der Waals surface area contributed by atoms with Crippen LogP contribution in [0, 0.1) is 17.7 Å². The average molecular weight is 558 g/mol. The number of benzene rings is 2. The number of likely N-dealkylation sites (tertiary alicyclic amines) is 1. The summed E-state index contributed by atoms with van der Waals surface area (Å²) in [6, 6.07) is 4.46. The zero-order valence-corrected chi connectivity index (χ0v) is 20.4. The zero-order chi connectivity index (χ0) is 28.7. The first-order valence-corrected chi connectivity index (χ1v) is 12.2. The largest absolute Gasteiger partial charge is 0.418 e. The van der Waals surface area contributed by atoms with Crippen LogP contribution in [0.25, 0.3) is 0 Å². The number of nitrogens with one attached hydrogen (secondary N) is 1. The van der Waals surface area contributed by atoms with Crippen LogP contribution in [-0.4, -0.2) is 40.6 Å². The molecule has 2 fully saturated rings. The second-order valence-electron chi connectivity index (χ2n) is 9.83. The molecule has 2 aliphatic rings. The Hall–Kier alpha value is -3.41. The number of aliphatic hydroxyl groups is 1. The minimum atomic E-state index is -4.95. The van der Waals surface area contributed by atoms with Gasteiger partial charge in [0.15, 0.2) is 6.10 Å². The minimum Gasteiger partial charge on any atom is -0.379 e. The molecular formula is C27H25F7N2O3. The number of rotatable bonds is 7. The first-order chi connectivity index (χ1) is 18.2. The summed E-state index contributed by atoms with van der Waals surface area (Å²) in [5.74, 6) is -3.07. The Labute approximate surface area is 219 Å². The summed E-state index contributed by atoms with van der Waals surface area (Å²) in [5.41, 5.74) is -1.99. The maximum absolute atomic E-state index is 14.7. The smallest absolute Gasteiger partial charge is 0.379 e. The quantitative estimate of drug-likeness (QED) is 0.337. The topological polar surface area (TPSA) is 69.6 Å². The van der Waals surface area contributed by atoms with Crippen LogP contribution in [0.3, 0.4) is 0 Å². The van der Waals surface area contributed by atoms with E-state index in [2.05, 4.69) is 11.9 Å². The highest BCUT2D eigenvalue weighted by Gasteiger charge is 2.43. The van der Waals surface area contributed by atoms with Gasteiger partial charge in [0.05, 0.1) is 11.6 Å². The summed E-state index contributed by atoms with van der Waals surface area (Å²) in [6.07, 6.45) is -9.59. The number of carbonyl (C=O) groups is 2. The van der Waals surface area contributed by atoms with Gasteiger partial charge in [-0.2, -0.15) is 26.3 Å². The van der Waals surface area contributed by atoms with Crippen molar-refractivity contribution in [1.82, 2.24) is 10.2 Å². The van der Waals surface area contributed by atoms with Crippen LogP contribution in [0.4, 0.5) is 30.7 Å². The molecule has 39 heavy (non-hydrogen) atoms. The molecule has 5 nitrogen and oxygen atoms in total. The fourth-order valence-corrected chi connectivity index (χ4v) is 4.79. The van der Waals surface area contributed by atoms with Gasteiger partial charge in [0.25, 0.3) is 5.91 Å². The summed E-state index contributed by atoms with van der Waals surface area (Å²) in [7, 11) is 0. The number of carbonyl (C=O) groups excluding carboxylic acids is 2. The molecule has 1 unspecified atom stereocenters. The molecule has 1 aliphatic carbocycles. The Kier molecular flexibility index (Phi) is 7.79. The van der Waals surface area contributed by atoms with Crippen molar-refractivity contribution in [3.63, 3.8) is 0 Å². The van der Waals surface area contributed by atoms with E-state index < -0.39 is 59.3 Å². The number of alkyl halides is 6. The minimum absolute atomic E-state index is 0.0369. The Morgan fingerprint density at radius 2 is 1.77 bits per heavy atom. The van der Waals surface area contributed by atoms with E-state index in [1.165, 1.54) is 23.1 Å². The number of aliphatic hydroxyl groups excluding tert-OH is 1. The molecule has 0 aromatic heterocycles. The number of amides is 2. The predicted molar refractivity (Wildman–Crippen MR) is 126 cm³/mol. The van der Waals surface area contributed by atoms with E-state index in [-0.39, 0.29) is 35.9 Å². The molecule has 4 rings (SSSR count). The van der Waals surface area contributed by atoms with Crippen LogP contribution in [0.2, 0.25) is 0 Å². The molecule has 1 saturated carbocycles. The van der Waals surface area contributed by atoms with Gasteiger partial charge in [0.2, 0.25) is 5.91 Å². The van der Waals surface area contributed by atoms with Crippen molar-refractivity contribution in [3.05, 3.63) is 83.2 Å². The average Bonchev–Trinajstić information content (AvgIpc) is 3.63. The summed E-state index contributed by atoms with van der Waals surface area (Å²) < 4.78 is 92.7. The molecule has 0 spiro atoms. The van der Waals surface area contributed by atoms with Gasteiger partial charge in [-0.1, -0.05) is 24.3 Å². The molecule has 4 atom stereocenters. The van der Waals surface area contributed by atoms with Crippen LogP contribution in [0.5, 0.6) is 0 Å². The number of halogens is 7. The van der Waals surface area contributed by atoms with Crippen molar-refractivity contribution in [2.24, 2.45) is 11.8 Å². The van der Waals surface area contributed by atoms with Gasteiger partial charge >= 0.3 is 12.4 Å². The Morgan fingerprint density at radius 1 is 1.08 bits per heavy atom. The van der Waals surface area contributed by atoms with Crippen LogP contribution in [0.15, 0.2) is 55.1 Å². The third-order valence-electron chi connectivity index (χ3n) is 7.04. The van der Waals surface area contributed by atoms with Gasteiger partial charge in [-0.05, 0) is 60.9 Å². The van der Waals surface area contributed by atoms with Crippen molar-refractivity contribution < 1.29 is 45.4 Å². The maximum Gasteiger partial charge on any atom is 0.418 e. The third-order valence-corrected chi connectivity index (χ3v) is 7.04. The van der Waals surface area contributed by atoms with Crippen molar-refractivity contribution in [2.75, 3.05) is 6.54 Å². The number of hydrogen-bond donors (Lipinski definition) is 2. The summed E-state index contributed by atoms with van der Waals surface area (Å²) in [4.78, 5) is 27.9. The molecule has 1 aliphatic heterocycles. The number of hydrogen-bond acceptors (Lipinski definition) is 3. The first kappa shape index (κ1) is 28.6. The molecule has 0 radical (unpaired) electrons. The second-order valence-corrected chi connectivity index (χ2v) is 9.83. The maximum atomic E-state index is 14.7. The van der Waals surface area contributed by atoms with Crippen LogP contribution in [-0.2, 0) is 11.0 Å². The molecule has 12 heteroatoms. The molecule has 2 aromatic carbocycles. The standard InChI is InChI=1S/C27H25F7N2O3/c1-2-14-10-21(36(13-14)25(39)17-5-3-4-16(11-17)23(37)27(32,33)34)24(38)35-22(15-6-7-15)19-9-8-18(12-20(19)28)26(29,30)31/h2-5,8-9,11-12,14-15,21-23,37H,1,6-7,10,13H2,(H,35,38)/t14-,21-,22-,23?/m1/s1. The third kappa shape index (κ3) is 6.26. The van der Waals surface area contributed by atoms with Gasteiger partial charge in [-0.3, -0.25) is 9.59 Å². The van der Waals surface area contributed by atoms with Gasteiger partial charge < -0.3 is 15.3 Å².